The summed E-state index contributed by atoms with van der Waals surface area (Å²) in [6.07, 6.45) is 6.78. The number of fused-ring (bicyclic) bond motifs is 1. The molecule has 1 aliphatic heterocycles. The molecule has 1 aliphatic carbocycles. The van der Waals surface area contributed by atoms with E-state index in [0.717, 1.165) is 24.6 Å². The molecule has 0 unspecified atom stereocenters. The molecule has 0 atom stereocenters. The van der Waals surface area contributed by atoms with Crippen LogP contribution < -0.4 is 0 Å². The van der Waals surface area contributed by atoms with Crippen molar-refractivity contribution >= 4 is 12.0 Å². The lowest BCUT2D eigenvalue weighted by molar-refractivity contribution is 0.955. The van der Waals surface area contributed by atoms with Crippen LogP contribution in [0.3, 0.4) is 0 Å². The van der Waals surface area contributed by atoms with Gasteiger partial charge < -0.3 is 0 Å². The van der Waals surface area contributed by atoms with E-state index in [0.29, 0.717) is 0 Å². The first-order valence-corrected chi connectivity index (χ1v) is 4.96. The summed E-state index contributed by atoms with van der Waals surface area (Å²) in [7, 11) is 0. The Balaban J connectivity index is 2.05. The van der Waals surface area contributed by atoms with Gasteiger partial charge in [0.1, 0.15) is 0 Å². The normalized spacial score (nSPS) is 20.0. The average molecular weight is 172 g/mol. The van der Waals surface area contributed by atoms with Gasteiger partial charge in [0.2, 0.25) is 0 Å². The van der Waals surface area contributed by atoms with Crippen LogP contribution in [0.1, 0.15) is 36.4 Å². The van der Waals surface area contributed by atoms with E-state index >= 15 is 0 Å². The van der Waals surface area contributed by atoms with Gasteiger partial charge in [0, 0.05) is 17.8 Å². The van der Waals surface area contributed by atoms with Crippen molar-refractivity contribution in [1.29, 1.82) is 0 Å². The van der Waals surface area contributed by atoms with Crippen molar-refractivity contribution < 1.29 is 0 Å². The predicted molar refractivity (Wildman–Crippen MR) is 52.7 cm³/mol. The number of aliphatic imine (C=N–C) groups is 1. The Morgan fingerprint density at radius 2 is 2.15 bits per heavy atom. The van der Waals surface area contributed by atoms with Crippen LogP contribution in [0.25, 0.3) is 0 Å². The second kappa shape index (κ2) is 2.66. The van der Waals surface area contributed by atoms with Gasteiger partial charge in [-0.3, -0.25) is 0 Å². The summed E-state index contributed by atoms with van der Waals surface area (Å²) >= 11 is 0. The molecule has 2 aliphatic rings. The van der Waals surface area contributed by atoms with Crippen LogP contribution >= 0.6 is 0 Å². The molecule has 1 aromatic rings. The SMILES string of the molecule is C1=Nc2nc(C3CC3)ccc2CC1. The summed E-state index contributed by atoms with van der Waals surface area (Å²) < 4.78 is 0. The Morgan fingerprint density at radius 3 is 3.00 bits per heavy atom. The number of rotatable bonds is 1. The quantitative estimate of drug-likeness (QED) is 0.639. The molecule has 2 nitrogen and oxygen atoms in total. The molecule has 0 spiro atoms. The van der Waals surface area contributed by atoms with E-state index in [1.807, 2.05) is 6.21 Å². The minimum Gasteiger partial charge on any atom is -0.241 e. The Labute approximate surface area is 77.7 Å². The lowest BCUT2D eigenvalue weighted by Crippen LogP contribution is -1.97. The van der Waals surface area contributed by atoms with Crippen molar-refractivity contribution in [3.63, 3.8) is 0 Å². The molecule has 1 aromatic heterocycles. The standard InChI is InChI=1S/C11H12N2/c1-2-9-5-6-10(8-3-4-8)13-11(9)12-7-1/h5-8H,1-4H2. The monoisotopic (exact) mass is 172 g/mol. The molecule has 3 rings (SSSR count). The van der Waals surface area contributed by atoms with Crippen molar-refractivity contribution in [2.75, 3.05) is 0 Å². The van der Waals surface area contributed by atoms with Gasteiger partial charge in [0.15, 0.2) is 5.82 Å². The fourth-order valence-electron chi connectivity index (χ4n) is 1.78. The topological polar surface area (TPSA) is 25.2 Å². The number of aromatic nitrogens is 1. The molecule has 66 valence electrons. The molecule has 1 saturated carbocycles. The zero-order chi connectivity index (χ0) is 8.67. The number of nitrogens with zero attached hydrogens (tertiary/aromatic N) is 2. The van der Waals surface area contributed by atoms with Gasteiger partial charge in [-0.2, -0.15) is 0 Å². The Kier molecular flexibility index (Phi) is 1.48. The lowest BCUT2D eigenvalue weighted by atomic mass is 10.1. The Morgan fingerprint density at radius 1 is 1.23 bits per heavy atom. The second-order valence-corrected chi connectivity index (χ2v) is 3.84. The van der Waals surface area contributed by atoms with Crippen molar-refractivity contribution in [1.82, 2.24) is 4.98 Å². The molecular weight excluding hydrogens is 160 g/mol. The van der Waals surface area contributed by atoms with E-state index in [-0.39, 0.29) is 0 Å². The summed E-state index contributed by atoms with van der Waals surface area (Å²) in [5.74, 6) is 1.71. The average Bonchev–Trinajstić information content (AvgIpc) is 3.00. The van der Waals surface area contributed by atoms with Gasteiger partial charge in [-0.05, 0) is 37.3 Å². The van der Waals surface area contributed by atoms with E-state index in [2.05, 4.69) is 22.1 Å². The highest BCUT2D eigenvalue weighted by atomic mass is 14.9. The summed E-state index contributed by atoms with van der Waals surface area (Å²) in [4.78, 5) is 8.91. The largest absolute Gasteiger partial charge is 0.241 e. The maximum Gasteiger partial charge on any atom is 0.154 e. The highest BCUT2D eigenvalue weighted by molar-refractivity contribution is 5.66. The Bertz CT molecular complexity index is 364. The van der Waals surface area contributed by atoms with Gasteiger partial charge in [0.25, 0.3) is 0 Å². The maximum atomic E-state index is 4.58. The van der Waals surface area contributed by atoms with Crippen LogP contribution in [0.2, 0.25) is 0 Å². The first-order chi connectivity index (χ1) is 6.43. The zero-order valence-electron chi connectivity index (χ0n) is 7.53. The smallest absolute Gasteiger partial charge is 0.154 e. The van der Waals surface area contributed by atoms with Gasteiger partial charge >= 0.3 is 0 Å². The summed E-state index contributed by atoms with van der Waals surface area (Å²) in [6, 6.07) is 4.38. The molecule has 0 radical (unpaired) electrons. The third kappa shape index (κ3) is 1.26. The predicted octanol–water partition coefficient (Wildman–Crippen LogP) is 2.61. The summed E-state index contributed by atoms with van der Waals surface area (Å²) in [5, 5.41) is 0. The van der Waals surface area contributed by atoms with Crippen LogP contribution in [-0.4, -0.2) is 11.2 Å². The maximum absolute atomic E-state index is 4.58. The molecule has 2 heteroatoms. The van der Waals surface area contributed by atoms with E-state index in [1.165, 1.54) is 24.1 Å². The lowest BCUT2D eigenvalue weighted by Gasteiger charge is -2.09. The first kappa shape index (κ1) is 7.25. The molecule has 0 N–H and O–H groups in total. The van der Waals surface area contributed by atoms with Gasteiger partial charge in [0.05, 0.1) is 0 Å². The molecule has 2 heterocycles. The van der Waals surface area contributed by atoms with E-state index in [1.54, 1.807) is 0 Å². The number of hydrogen-bond donors (Lipinski definition) is 0. The van der Waals surface area contributed by atoms with Crippen LogP contribution in [0.5, 0.6) is 0 Å². The number of pyridine rings is 1. The van der Waals surface area contributed by atoms with Crippen LogP contribution in [0.15, 0.2) is 17.1 Å². The highest BCUT2D eigenvalue weighted by Crippen LogP contribution is 2.40. The van der Waals surface area contributed by atoms with Crippen LogP contribution in [-0.2, 0) is 6.42 Å². The first-order valence-electron chi connectivity index (χ1n) is 4.96. The molecular formula is C11H12N2. The summed E-state index contributed by atoms with van der Waals surface area (Å²) in [5.41, 5.74) is 2.56. The van der Waals surface area contributed by atoms with E-state index in [4.69, 9.17) is 0 Å². The minimum atomic E-state index is 0.738. The number of hydrogen-bond acceptors (Lipinski definition) is 2. The van der Waals surface area contributed by atoms with Gasteiger partial charge in [-0.1, -0.05) is 6.07 Å². The molecule has 0 bridgehead atoms. The third-order valence-corrected chi connectivity index (χ3v) is 2.73. The molecule has 0 aromatic carbocycles. The molecule has 0 saturated heterocycles. The summed E-state index contributed by atoms with van der Waals surface area (Å²) in [6.45, 7) is 0. The van der Waals surface area contributed by atoms with Crippen molar-refractivity contribution in [3.05, 3.63) is 23.4 Å². The van der Waals surface area contributed by atoms with Crippen molar-refractivity contribution in [2.45, 2.75) is 31.6 Å². The highest BCUT2D eigenvalue weighted by Gasteiger charge is 2.25. The zero-order valence-corrected chi connectivity index (χ0v) is 7.53. The van der Waals surface area contributed by atoms with Crippen LogP contribution in [0.4, 0.5) is 5.82 Å². The van der Waals surface area contributed by atoms with E-state index in [9.17, 15) is 0 Å². The third-order valence-electron chi connectivity index (χ3n) is 2.73. The van der Waals surface area contributed by atoms with Crippen LogP contribution in [0, 0.1) is 0 Å². The molecule has 0 amide bonds. The minimum absolute atomic E-state index is 0.738. The van der Waals surface area contributed by atoms with Crippen molar-refractivity contribution in [2.24, 2.45) is 4.99 Å². The fraction of sp³-hybridized carbons (Fsp3) is 0.455. The van der Waals surface area contributed by atoms with Crippen molar-refractivity contribution in [3.8, 4) is 0 Å². The number of aryl methyl sites for hydroxylation is 1. The van der Waals surface area contributed by atoms with Gasteiger partial charge in [-0.25, -0.2) is 9.98 Å². The van der Waals surface area contributed by atoms with Gasteiger partial charge in [-0.15, -0.1) is 0 Å². The fourth-order valence-corrected chi connectivity index (χ4v) is 1.78. The van der Waals surface area contributed by atoms with E-state index < -0.39 is 0 Å². The molecule has 1 fully saturated rings. The molecule has 13 heavy (non-hydrogen) atoms. The second-order valence-electron chi connectivity index (χ2n) is 3.84. The Hall–Kier alpha value is -1.18.